The average Bonchev–Trinajstić information content (AvgIpc) is 2.80. The molecule has 1 N–H and O–H groups in total. The second kappa shape index (κ2) is 5.07. The Hall–Kier alpha value is -1.06. The number of para-hydroxylation sites is 1. The zero-order chi connectivity index (χ0) is 11.5. The predicted octanol–water partition coefficient (Wildman–Crippen LogP) is 1.76. The molecule has 0 spiro atoms. The molecule has 0 aliphatic carbocycles. The van der Waals surface area contributed by atoms with Crippen LogP contribution in [0, 0.1) is 0 Å². The summed E-state index contributed by atoms with van der Waals surface area (Å²) >= 11 is 0. The van der Waals surface area contributed by atoms with Gasteiger partial charge < -0.3 is 14.8 Å². The highest BCUT2D eigenvalue weighted by molar-refractivity contribution is 5.37. The van der Waals surface area contributed by atoms with Crippen LogP contribution in [0.1, 0.15) is 18.4 Å². The lowest BCUT2D eigenvalue weighted by Crippen LogP contribution is -2.37. The van der Waals surface area contributed by atoms with Crippen molar-refractivity contribution in [1.82, 2.24) is 5.32 Å². The number of nitrogens with one attached hydrogen (secondary N) is 1. The molecule has 2 aliphatic rings. The van der Waals surface area contributed by atoms with Crippen molar-refractivity contribution in [3.05, 3.63) is 29.8 Å². The van der Waals surface area contributed by atoms with Crippen LogP contribution in [0.4, 0.5) is 0 Å². The standard InChI is InChI=1S/C14H19NO2/c1-2-6-14-11(4-1)8-13(17-14)10-16-12-5-3-7-15-9-12/h1-2,4,6,12-13,15H,3,5,7-10H2. The van der Waals surface area contributed by atoms with E-state index in [4.69, 9.17) is 9.47 Å². The maximum Gasteiger partial charge on any atom is 0.126 e. The molecular formula is C14H19NO2. The molecule has 0 radical (unpaired) electrons. The summed E-state index contributed by atoms with van der Waals surface area (Å²) in [5, 5.41) is 3.36. The van der Waals surface area contributed by atoms with Crippen molar-refractivity contribution >= 4 is 0 Å². The van der Waals surface area contributed by atoms with Crippen molar-refractivity contribution in [2.45, 2.75) is 31.5 Å². The summed E-state index contributed by atoms with van der Waals surface area (Å²) in [6, 6.07) is 8.26. The van der Waals surface area contributed by atoms with Crippen LogP contribution in [-0.2, 0) is 11.2 Å². The van der Waals surface area contributed by atoms with Crippen LogP contribution in [0.25, 0.3) is 0 Å². The Bertz CT molecular complexity index is 349. The molecule has 0 amide bonds. The summed E-state index contributed by atoms with van der Waals surface area (Å²) in [5.41, 5.74) is 1.31. The smallest absolute Gasteiger partial charge is 0.126 e. The van der Waals surface area contributed by atoms with Crippen LogP contribution < -0.4 is 10.1 Å². The molecule has 17 heavy (non-hydrogen) atoms. The van der Waals surface area contributed by atoms with E-state index < -0.39 is 0 Å². The van der Waals surface area contributed by atoms with Gasteiger partial charge in [0.2, 0.25) is 0 Å². The van der Waals surface area contributed by atoms with Gasteiger partial charge in [-0.25, -0.2) is 0 Å². The fourth-order valence-corrected chi connectivity index (χ4v) is 2.55. The first-order chi connectivity index (χ1) is 8.42. The van der Waals surface area contributed by atoms with E-state index in [0.29, 0.717) is 12.7 Å². The fourth-order valence-electron chi connectivity index (χ4n) is 2.55. The second-order valence-electron chi connectivity index (χ2n) is 4.85. The molecule has 3 heteroatoms. The van der Waals surface area contributed by atoms with Gasteiger partial charge in [-0.2, -0.15) is 0 Å². The summed E-state index contributed by atoms with van der Waals surface area (Å²) in [4.78, 5) is 0. The van der Waals surface area contributed by atoms with E-state index in [9.17, 15) is 0 Å². The van der Waals surface area contributed by atoms with E-state index in [-0.39, 0.29) is 6.10 Å². The second-order valence-corrected chi connectivity index (χ2v) is 4.85. The molecule has 0 saturated carbocycles. The van der Waals surface area contributed by atoms with Gasteiger partial charge >= 0.3 is 0 Å². The molecule has 0 bridgehead atoms. The summed E-state index contributed by atoms with van der Waals surface area (Å²) in [6.45, 7) is 2.83. The van der Waals surface area contributed by atoms with Crippen LogP contribution in [-0.4, -0.2) is 31.9 Å². The van der Waals surface area contributed by atoms with E-state index in [1.54, 1.807) is 0 Å². The number of piperidine rings is 1. The van der Waals surface area contributed by atoms with Crippen LogP contribution in [0.15, 0.2) is 24.3 Å². The van der Waals surface area contributed by atoms with Crippen molar-refractivity contribution in [1.29, 1.82) is 0 Å². The third kappa shape index (κ3) is 2.61. The van der Waals surface area contributed by atoms with Crippen LogP contribution >= 0.6 is 0 Å². The zero-order valence-electron chi connectivity index (χ0n) is 10.0. The Kier molecular flexibility index (Phi) is 3.29. The minimum Gasteiger partial charge on any atom is -0.487 e. The molecule has 2 heterocycles. The number of ether oxygens (including phenoxy) is 2. The molecule has 2 atom stereocenters. The molecular weight excluding hydrogens is 214 g/mol. The first kappa shape index (κ1) is 11.1. The first-order valence-electron chi connectivity index (χ1n) is 6.49. The van der Waals surface area contributed by atoms with Crippen LogP contribution in [0.3, 0.4) is 0 Å². The van der Waals surface area contributed by atoms with Gasteiger partial charge in [0, 0.05) is 13.0 Å². The van der Waals surface area contributed by atoms with Gasteiger partial charge in [0.15, 0.2) is 0 Å². The maximum absolute atomic E-state index is 5.91. The van der Waals surface area contributed by atoms with E-state index in [1.807, 2.05) is 12.1 Å². The maximum atomic E-state index is 5.91. The lowest BCUT2D eigenvalue weighted by Gasteiger charge is -2.24. The lowest BCUT2D eigenvalue weighted by molar-refractivity contribution is -0.00365. The van der Waals surface area contributed by atoms with E-state index >= 15 is 0 Å². The topological polar surface area (TPSA) is 30.5 Å². The number of rotatable bonds is 3. The summed E-state index contributed by atoms with van der Waals surface area (Å²) in [7, 11) is 0. The number of hydrogen-bond donors (Lipinski definition) is 1. The minimum atomic E-state index is 0.203. The van der Waals surface area contributed by atoms with Gasteiger partial charge in [0.25, 0.3) is 0 Å². The molecule has 2 aliphatic heterocycles. The summed E-state index contributed by atoms with van der Waals surface area (Å²) in [5.74, 6) is 1.03. The SMILES string of the molecule is c1ccc2c(c1)CC(COC1CCCNC1)O2. The molecule has 2 unspecified atom stereocenters. The van der Waals surface area contributed by atoms with E-state index in [1.165, 1.54) is 18.4 Å². The van der Waals surface area contributed by atoms with Gasteiger partial charge in [0.1, 0.15) is 11.9 Å². The molecule has 1 saturated heterocycles. The van der Waals surface area contributed by atoms with Crippen molar-refractivity contribution < 1.29 is 9.47 Å². The summed E-state index contributed by atoms with van der Waals surface area (Å²) in [6.07, 6.45) is 3.95. The highest BCUT2D eigenvalue weighted by Crippen LogP contribution is 2.28. The van der Waals surface area contributed by atoms with Crippen molar-refractivity contribution in [3.8, 4) is 5.75 Å². The Balaban J connectivity index is 1.48. The largest absolute Gasteiger partial charge is 0.487 e. The molecule has 3 nitrogen and oxygen atoms in total. The van der Waals surface area contributed by atoms with Crippen LogP contribution in [0.2, 0.25) is 0 Å². The van der Waals surface area contributed by atoms with E-state index in [2.05, 4.69) is 17.4 Å². The normalized spacial score (nSPS) is 27.5. The summed E-state index contributed by atoms with van der Waals surface area (Å²) < 4.78 is 11.8. The molecule has 1 fully saturated rings. The third-order valence-electron chi connectivity index (χ3n) is 3.48. The zero-order valence-corrected chi connectivity index (χ0v) is 10.0. The molecule has 92 valence electrons. The third-order valence-corrected chi connectivity index (χ3v) is 3.48. The quantitative estimate of drug-likeness (QED) is 0.863. The highest BCUT2D eigenvalue weighted by Gasteiger charge is 2.24. The number of benzene rings is 1. The fraction of sp³-hybridized carbons (Fsp3) is 0.571. The van der Waals surface area contributed by atoms with Crippen molar-refractivity contribution in [2.75, 3.05) is 19.7 Å². The minimum absolute atomic E-state index is 0.203. The number of hydrogen-bond acceptors (Lipinski definition) is 3. The van der Waals surface area contributed by atoms with Gasteiger partial charge in [-0.1, -0.05) is 18.2 Å². The molecule has 3 rings (SSSR count). The molecule has 1 aromatic rings. The first-order valence-corrected chi connectivity index (χ1v) is 6.49. The highest BCUT2D eigenvalue weighted by atomic mass is 16.5. The Morgan fingerprint density at radius 1 is 1.35 bits per heavy atom. The molecule has 1 aromatic carbocycles. The monoisotopic (exact) mass is 233 g/mol. The molecule has 0 aromatic heterocycles. The van der Waals surface area contributed by atoms with Crippen LogP contribution in [0.5, 0.6) is 5.75 Å². The lowest BCUT2D eigenvalue weighted by atomic mass is 10.1. The van der Waals surface area contributed by atoms with E-state index in [0.717, 1.165) is 25.3 Å². The Morgan fingerprint density at radius 3 is 3.12 bits per heavy atom. The van der Waals surface area contributed by atoms with Gasteiger partial charge in [0.05, 0.1) is 12.7 Å². The average molecular weight is 233 g/mol. The Morgan fingerprint density at radius 2 is 2.29 bits per heavy atom. The predicted molar refractivity (Wildman–Crippen MR) is 66.4 cm³/mol. The van der Waals surface area contributed by atoms with Gasteiger partial charge in [-0.05, 0) is 31.0 Å². The van der Waals surface area contributed by atoms with Gasteiger partial charge in [-0.15, -0.1) is 0 Å². The van der Waals surface area contributed by atoms with Crippen molar-refractivity contribution in [2.24, 2.45) is 0 Å². The van der Waals surface area contributed by atoms with Gasteiger partial charge in [-0.3, -0.25) is 0 Å². The Labute approximate surface area is 102 Å². The van der Waals surface area contributed by atoms with Crippen molar-refractivity contribution in [3.63, 3.8) is 0 Å². The number of fused-ring (bicyclic) bond motifs is 1.